The Balaban J connectivity index is 2.77. The number of hydrogen-bond donors (Lipinski definition) is 0. The molecule has 1 atom stereocenters. The van der Waals surface area contributed by atoms with Crippen LogP contribution in [-0.2, 0) is 0 Å². The molecule has 0 saturated carbocycles. The summed E-state index contributed by atoms with van der Waals surface area (Å²) in [7, 11) is 0. The van der Waals surface area contributed by atoms with Gasteiger partial charge >= 0.3 is 0 Å². The molecule has 0 spiro atoms. The first-order chi connectivity index (χ1) is 5.22. The van der Waals surface area contributed by atoms with Crippen molar-refractivity contribution in [1.29, 1.82) is 0 Å². The molecule has 0 aliphatic heterocycles. The lowest BCUT2D eigenvalue weighted by atomic mass is 10.0. The van der Waals surface area contributed by atoms with Gasteiger partial charge in [-0.1, -0.05) is 60.4 Å². The quantitative estimate of drug-likeness (QED) is 0.583. The van der Waals surface area contributed by atoms with Crippen molar-refractivity contribution in [1.82, 2.24) is 0 Å². The Hall–Kier alpha value is -0.248. The van der Waals surface area contributed by atoms with Gasteiger partial charge in [-0.25, -0.2) is 0 Å². The van der Waals surface area contributed by atoms with E-state index >= 15 is 0 Å². The molecule has 0 heterocycles. The summed E-state index contributed by atoms with van der Waals surface area (Å²) in [5.41, 5.74) is 1.51. The molecule has 0 aliphatic rings. The number of benzene rings is 1. The molecule has 0 radical (unpaired) electrons. The molecular formula is C10H15Al. The van der Waals surface area contributed by atoms with E-state index < -0.39 is 0 Å². The van der Waals surface area contributed by atoms with Gasteiger partial charge in [0.05, 0.1) is 0 Å². The van der Waals surface area contributed by atoms with E-state index in [1.54, 1.807) is 0 Å². The van der Waals surface area contributed by atoms with Crippen LogP contribution in [0.5, 0.6) is 0 Å². The predicted molar refractivity (Wildman–Crippen MR) is 52.6 cm³/mol. The molecule has 58 valence electrons. The number of hydrogen-bond acceptors (Lipinski definition) is 0. The topological polar surface area (TPSA) is 0 Å². The molecule has 0 aromatic heterocycles. The summed E-state index contributed by atoms with van der Waals surface area (Å²) in [5, 5.41) is 0. The minimum absolute atomic E-state index is 0.795. The van der Waals surface area contributed by atoms with Crippen LogP contribution in [0.1, 0.15) is 24.2 Å². The average Bonchev–Trinajstić information content (AvgIpc) is 2.05. The third-order valence-corrected chi connectivity index (χ3v) is 4.33. The minimum Gasteiger partial charge on any atom is -0.0648 e. The molecule has 0 nitrogen and oxygen atoms in total. The Morgan fingerprint density at radius 2 is 1.64 bits per heavy atom. The molecular weight excluding hydrogens is 147 g/mol. The second-order valence-electron chi connectivity index (χ2n) is 3.44. The summed E-state index contributed by atoms with van der Waals surface area (Å²) in [4.78, 5) is 0. The first kappa shape index (κ1) is 8.85. The molecule has 0 bridgehead atoms. The predicted octanol–water partition coefficient (Wildman–Crippen LogP) is 2.02. The molecule has 0 aliphatic carbocycles. The summed E-state index contributed by atoms with van der Waals surface area (Å²) in [6.07, 6.45) is 0. The van der Waals surface area contributed by atoms with Gasteiger partial charge in [-0.2, -0.15) is 0 Å². The van der Waals surface area contributed by atoms with E-state index in [4.69, 9.17) is 0 Å². The highest BCUT2D eigenvalue weighted by molar-refractivity contribution is 6.12. The fourth-order valence-electron chi connectivity index (χ4n) is 1.14. The highest BCUT2D eigenvalue weighted by atomic mass is 27.0. The van der Waals surface area contributed by atoms with Crippen LogP contribution in [0.15, 0.2) is 30.3 Å². The van der Waals surface area contributed by atoms with Crippen molar-refractivity contribution in [2.24, 2.45) is 5.92 Å². The van der Waals surface area contributed by atoms with E-state index in [2.05, 4.69) is 44.2 Å². The van der Waals surface area contributed by atoms with Crippen molar-refractivity contribution < 1.29 is 0 Å². The van der Waals surface area contributed by atoms with E-state index in [0.29, 0.717) is 0 Å². The first-order valence-corrected chi connectivity index (χ1v) is 5.42. The van der Waals surface area contributed by atoms with Gasteiger partial charge in [0.2, 0.25) is 16.3 Å². The van der Waals surface area contributed by atoms with Crippen molar-refractivity contribution >= 4 is 16.3 Å². The third kappa shape index (κ3) is 2.36. The maximum Gasteiger partial charge on any atom is 0.223 e. The Morgan fingerprint density at radius 1 is 1.09 bits per heavy atom. The zero-order chi connectivity index (χ0) is 8.27. The molecule has 0 amide bonds. The van der Waals surface area contributed by atoms with Crippen molar-refractivity contribution in [2.45, 2.75) is 18.6 Å². The van der Waals surface area contributed by atoms with Crippen molar-refractivity contribution in [2.75, 3.05) is 0 Å². The fourth-order valence-corrected chi connectivity index (χ4v) is 1.53. The standard InChI is InChI=1S/C10H13.Al.2H/c1-9(2)8-10-6-4-3-5-7-10;;;/h3-9H,1-2H3;;;. The van der Waals surface area contributed by atoms with Gasteiger partial charge in [0.15, 0.2) is 0 Å². The van der Waals surface area contributed by atoms with Crippen molar-refractivity contribution in [3.63, 3.8) is 0 Å². The zero-order valence-corrected chi connectivity index (χ0v) is 9.54. The van der Waals surface area contributed by atoms with Gasteiger partial charge in [0, 0.05) is 0 Å². The Morgan fingerprint density at radius 3 is 2.09 bits per heavy atom. The summed E-state index contributed by atoms with van der Waals surface area (Å²) in [5.74, 6) is 0.795. The highest BCUT2D eigenvalue weighted by Crippen LogP contribution is 2.19. The van der Waals surface area contributed by atoms with E-state index in [0.717, 1.165) is 10.7 Å². The van der Waals surface area contributed by atoms with E-state index in [9.17, 15) is 0 Å². The van der Waals surface area contributed by atoms with Crippen LogP contribution in [0.4, 0.5) is 0 Å². The van der Waals surface area contributed by atoms with Crippen molar-refractivity contribution in [3.8, 4) is 0 Å². The van der Waals surface area contributed by atoms with E-state index in [1.165, 1.54) is 21.9 Å². The summed E-state index contributed by atoms with van der Waals surface area (Å²) < 4.78 is 0.816. The second-order valence-corrected chi connectivity index (χ2v) is 4.69. The molecule has 1 unspecified atom stereocenters. The van der Waals surface area contributed by atoms with E-state index in [1.807, 2.05) is 0 Å². The molecule has 1 heteroatoms. The lowest BCUT2D eigenvalue weighted by Gasteiger charge is -2.15. The Kier molecular flexibility index (Phi) is 3.18. The molecule has 1 aromatic carbocycles. The Bertz CT molecular complexity index is 203. The lowest BCUT2D eigenvalue weighted by molar-refractivity contribution is 0.623. The summed E-state index contributed by atoms with van der Waals surface area (Å²) in [6, 6.07) is 10.8. The molecule has 11 heavy (non-hydrogen) atoms. The van der Waals surface area contributed by atoms with Crippen LogP contribution in [0, 0.1) is 5.92 Å². The molecule has 0 saturated heterocycles. The van der Waals surface area contributed by atoms with Gasteiger partial charge in [-0.15, -0.1) is 0 Å². The van der Waals surface area contributed by atoms with Crippen LogP contribution in [-0.4, -0.2) is 16.3 Å². The fraction of sp³-hybridized carbons (Fsp3) is 0.400. The monoisotopic (exact) mass is 162 g/mol. The van der Waals surface area contributed by atoms with Crippen molar-refractivity contribution in [3.05, 3.63) is 35.9 Å². The molecule has 1 rings (SSSR count). The number of rotatable bonds is 2. The molecule has 0 fully saturated rings. The van der Waals surface area contributed by atoms with Crippen LogP contribution in [0.3, 0.4) is 0 Å². The van der Waals surface area contributed by atoms with Gasteiger partial charge in [-0.05, 0) is 0 Å². The lowest BCUT2D eigenvalue weighted by Crippen LogP contribution is -2.05. The van der Waals surface area contributed by atoms with Crippen LogP contribution >= 0.6 is 0 Å². The third-order valence-electron chi connectivity index (χ3n) is 2.33. The van der Waals surface area contributed by atoms with Gasteiger partial charge in [-0.3, -0.25) is 0 Å². The first-order valence-electron chi connectivity index (χ1n) is 4.26. The summed E-state index contributed by atoms with van der Waals surface area (Å²) >= 11 is 1.26. The smallest absolute Gasteiger partial charge is 0.0648 e. The average molecular weight is 162 g/mol. The maximum absolute atomic E-state index is 2.30. The molecule has 1 aromatic rings. The molecule has 0 N–H and O–H groups in total. The van der Waals surface area contributed by atoms with Crippen LogP contribution in [0.2, 0.25) is 0 Å². The highest BCUT2D eigenvalue weighted by Gasteiger charge is 2.07. The van der Waals surface area contributed by atoms with E-state index in [-0.39, 0.29) is 0 Å². The second kappa shape index (κ2) is 3.95. The largest absolute Gasteiger partial charge is 0.223 e. The summed E-state index contributed by atoms with van der Waals surface area (Å²) in [6.45, 7) is 4.59. The van der Waals surface area contributed by atoms with Crippen LogP contribution < -0.4 is 0 Å². The zero-order valence-electron chi connectivity index (χ0n) is 7.54. The maximum atomic E-state index is 2.30. The Labute approximate surface area is 77.1 Å². The SMILES string of the molecule is CC(C)[CH]([AlH2])c1ccccc1. The normalized spacial score (nSPS) is 13.4. The van der Waals surface area contributed by atoms with Gasteiger partial charge in [0.1, 0.15) is 0 Å². The van der Waals surface area contributed by atoms with Gasteiger partial charge < -0.3 is 0 Å². The van der Waals surface area contributed by atoms with Gasteiger partial charge in [0.25, 0.3) is 0 Å². The van der Waals surface area contributed by atoms with Crippen LogP contribution in [0.25, 0.3) is 0 Å². The minimum atomic E-state index is 0.795.